The highest BCUT2D eigenvalue weighted by Gasteiger charge is 2.32. The van der Waals surface area contributed by atoms with Gasteiger partial charge in [0.1, 0.15) is 6.10 Å². The van der Waals surface area contributed by atoms with Gasteiger partial charge in [0.2, 0.25) is 0 Å². The maximum Gasteiger partial charge on any atom is 0.193 e. The quantitative estimate of drug-likeness (QED) is 0.427. The summed E-state index contributed by atoms with van der Waals surface area (Å²) in [7, 11) is 1.87. The van der Waals surface area contributed by atoms with Crippen molar-refractivity contribution in [3.8, 4) is 0 Å². The van der Waals surface area contributed by atoms with Crippen molar-refractivity contribution < 1.29 is 14.2 Å². The van der Waals surface area contributed by atoms with Gasteiger partial charge in [-0.05, 0) is 32.2 Å². The van der Waals surface area contributed by atoms with Gasteiger partial charge in [0.25, 0.3) is 0 Å². The van der Waals surface area contributed by atoms with E-state index in [2.05, 4.69) is 20.1 Å². The van der Waals surface area contributed by atoms with E-state index in [0.29, 0.717) is 0 Å². The third-order valence-corrected chi connectivity index (χ3v) is 5.27. The van der Waals surface area contributed by atoms with Crippen LogP contribution in [0.15, 0.2) is 4.99 Å². The Labute approximate surface area is 151 Å². The first-order valence-corrected chi connectivity index (χ1v) is 9.86. The Kier molecular flexibility index (Phi) is 7.79. The minimum Gasteiger partial charge on any atom is -0.379 e. The highest BCUT2D eigenvalue weighted by atomic mass is 16.5. The van der Waals surface area contributed by atoms with Crippen LogP contribution in [-0.2, 0) is 14.2 Å². The van der Waals surface area contributed by atoms with E-state index < -0.39 is 0 Å². The molecule has 7 nitrogen and oxygen atoms in total. The molecule has 0 amide bonds. The largest absolute Gasteiger partial charge is 0.379 e. The van der Waals surface area contributed by atoms with Crippen molar-refractivity contribution >= 4 is 5.96 Å². The number of morpholine rings is 2. The monoisotopic (exact) mass is 354 g/mol. The van der Waals surface area contributed by atoms with Crippen molar-refractivity contribution in [2.75, 3.05) is 72.7 Å². The average molecular weight is 354 g/mol. The third kappa shape index (κ3) is 5.81. The van der Waals surface area contributed by atoms with Crippen LogP contribution in [0, 0.1) is 0 Å². The normalized spacial score (nSPS) is 29.2. The molecule has 3 saturated heterocycles. The molecule has 3 aliphatic rings. The van der Waals surface area contributed by atoms with Crippen molar-refractivity contribution in [2.45, 2.75) is 37.9 Å². The molecule has 25 heavy (non-hydrogen) atoms. The summed E-state index contributed by atoms with van der Waals surface area (Å²) in [5, 5.41) is 3.52. The van der Waals surface area contributed by atoms with E-state index >= 15 is 0 Å². The van der Waals surface area contributed by atoms with Gasteiger partial charge >= 0.3 is 0 Å². The molecule has 3 heterocycles. The van der Waals surface area contributed by atoms with Gasteiger partial charge in [0.15, 0.2) is 5.96 Å². The minimum absolute atomic E-state index is 0.177. The van der Waals surface area contributed by atoms with Gasteiger partial charge in [-0.25, -0.2) is 0 Å². The standard InChI is InChI=1S/C18H34N4O3/c1-19-18(20-6-2-3-7-21-8-12-23-13-9-21)22-10-14-25-17(15-22)16-5-4-11-24-16/h16-17H,2-15H2,1H3,(H,19,20). The zero-order valence-corrected chi connectivity index (χ0v) is 15.6. The number of aliphatic imine (C=N–C) groups is 1. The smallest absolute Gasteiger partial charge is 0.193 e. The average Bonchev–Trinajstić information content (AvgIpc) is 3.20. The van der Waals surface area contributed by atoms with Crippen LogP contribution in [0.3, 0.4) is 0 Å². The first kappa shape index (κ1) is 18.9. The van der Waals surface area contributed by atoms with Crippen molar-refractivity contribution in [1.29, 1.82) is 0 Å². The fourth-order valence-electron chi connectivity index (χ4n) is 3.81. The number of unbranched alkanes of at least 4 members (excludes halogenated alkanes) is 1. The first-order valence-electron chi connectivity index (χ1n) is 9.86. The molecule has 0 aromatic rings. The fourth-order valence-corrected chi connectivity index (χ4v) is 3.81. The summed E-state index contributed by atoms with van der Waals surface area (Å²) in [5.41, 5.74) is 0. The molecule has 144 valence electrons. The zero-order chi connectivity index (χ0) is 17.3. The second kappa shape index (κ2) is 10.3. The molecule has 0 radical (unpaired) electrons. The van der Waals surface area contributed by atoms with E-state index in [1.54, 1.807) is 0 Å². The summed E-state index contributed by atoms with van der Waals surface area (Å²) in [6.07, 6.45) is 5.08. The Morgan fingerprint density at radius 3 is 2.64 bits per heavy atom. The number of nitrogens with zero attached hydrogens (tertiary/aromatic N) is 3. The molecular formula is C18H34N4O3. The van der Waals surface area contributed by atoms with Gasteiger partial charge in [-0.2, -0.15) is 0 Å². The molecule has 0 aromatic carbocycles. The molecule has 2 atom stereocenters. The summed E-state index contributed by atoms with van der Waals surface area (Å²) in [4.78, 5) is 9.28. The molecule has 1 N–H and O–H groups in total. The summed E-state index contributed by atoms with van der Waals surface area (Å²) in [6, 6.07) is 0. The molecule has 0 aromatic heterocycles. The Balaban J connectivity index is 1.34. The van der Waals surface area contributed by atoms with Crippen LogP contribution in [0.2, 0.25) is 0 Å². The van der Waals surface area contributed by atoms with E-state index in [1.165, 1.54) is 13.0 Å². The first-order chi connectivity index (χ1) is 12.4. The summed E-state index contributed by atoms with van der Waals surface area (Å²) < 4.78 is 17.1. The van der Waals surface area contributed by atoms with Gasteiger partial charge in [-0.1, -0.05) is 0 Å². The second-order valence-electron chi connectivity index (χ2n) is 7.04. The van der Waals surface area contributed by atoms with Crippen molar-refractivity contribution in [3.05, 3.63) is 0 Å². The predicted octanol–water partition coefficient (Wildman–Crippen LogP) is 0.554. The zero-order valence-electron chi connectivity index (χ0n) is 15.6. The van der Waals surface area contributed by atoms with Crippen molar-refractivity contribution in [2.24, 2.45) is 4.99 Å². The maximum absolute atomic E-state index is 5.93. The van der Waals surface area contributed by atoms with Crippen LogP contribution >= 0.6 is 0 Å². The second-order valence-corrected chi connectivity index (χ2v) is 7.04. The molecule has 3 aliphatic heterocycles. The number of hydrogen-bond donors (Lipinski definition) is 1. The molecule has 3 fully saturated rings. The van der Waals surface area contributed by atoms with Gasteiger partial charge < -0.3 is 24.4 Å². The molecule has 7 heteroatoms. The summed E-state index contributed by atoms with van der Waals surface area (Å²) in [6.45, 7) is 9.46. The van der Waals surface area contributed by atoms with E-state index in [-0.39, 0.29) is 12.2 Å². The van der Waals surface area contributed by atoms with Gasteiger partial charge in [0, 0.05) is 46.4 Å². The summed E-state index contributed by atoms with van der Waals surface area (Å²) >= 11 is 0. The Morgan fingerprint density at radius 2 is 1.88 bits per heavy atom. The number of ether oxygens (including phenoxy) is 3. The van der Waals surface area contributed by atoms with E-state index in [1.807, 2.05) is 7.05 Å². The van der Waals surface area contributed by atoms with E-state index in [9.17, 15) is 0 Å². The van der Waals surface area contributed by atoms with Crippen LogP contribution in [0.1, 0.15) is 25.7 Å². The van der Waals surface area contributed by atoms with Crippen molar-refractivity contribution in [1.82, 2.24) is 15.1 Å². The predicted molar refractivity (Wildman–Crippen MR) is 98.1 cm³/mol. The highest BCUT2D eigenvalue weighted by molar-refractivity contribution is 5.80. The van der Waals surface area contributed by atoms with Gasteiger partial charge in [-0.15, -0.1) is 0 Å². The Bertz CT molecular complexity index is 409. The van der Waals surface area contributed by atoms with Crippen LogP contribution in [0.25, 0.3) is 0 Å². The lowest BCUT2D eigenvalue weighted by Gasteiger charge is -2.37. The number of nitrogens with one attached hydrogen (secondary N) is 1. The van der Waals surface area contributed by atoms with Crippen molar-refractivity contribution in [3.63, 3.8) is 0 Å². The Hall–Kier alpha value is -0.890. The summed E-state index contributed by atoms with van der Waals surface area (Å²) in [5.74, 6) is 0.998. The lowest BCUT2D eigenvalue weighted by Crippen LogP contribution is -2.53. The maximum atomic E-state index is 5.93. The van der Waals surface area contributed by atoms with Crippen LogP contribution in [0.4, 0.5) is 0 Å². The van der Waals surface area contributed by atoms with E-state index in [4.69, 9.17) is 14.2 Å². The number of hydrogen-bond acceptors (Lipinski definition) is 5. The molecular weight excluding hydrogens is 320 g/mol. The number of guanidine groups is 1. The Morgan fingerprint density at radius 1 is 1.04 bits per heavy atom. The SMILES string of the molecule is CN=C(NCCCCN1CCOCC1)N1CCOC(C2CCCO2)C1. The number of rotatable bonds is 6. The molecule has 3 rings (SSSR count). The minimum atomic E-state index is 0.177. The van der Waals surface area contributed by atoms with Crippen LogP contribution < -0.4 is 5.32 Å². The van der Waals surface area contributed by atoms with Gasteiger partial charge in [0.05, 0.1) is 25.9 Å². The molecule has 0 spiro atoms. The molecule has 0 saturated carbocycles. The molecule has 0 aliphatic carbocycles. The molecule has 2 unspecified atom stereocenters. The fraction of sp³-hybridized carbons (Fsp3) is 0.944. The highest BCUT2D eigenvalue weighted by Crippen LogP contribution is 2.21. The van der Waals surface area contributed by atoms with Crippen LogP contribution in [0.5, 0.6) is 0 Å². The topological polar surface area (TPSA) is 58.6 Å². The third-order valence-electron chi connectivity index (χ3n) is 5.27. The molecule has 0 bridgehead atoms. The van der Waals surface area contributed by atoms with E-state index in [0.717, 1.165) is 84.4 Å². The van der Waals surface area contributed by atoms with Crippen LogP contribution in [-0.4, -0.2) is 101 Å². The lowest BCUT2D eigenvalue weighted by molar-refractivity contribution is -0.0816. The van der Waals surface area contributed by atoms with Gasteiger partial charge in [-0.3, -0.25) is 9.89 Å². The lowest BCUT2D eigenvalue weighted by atomic mass is 10.1.